The SMILES string of the molecule is CN(C)[C@H](CNC(=O)N1CCN(c2ccncc2)CC1)c1ccco1. The van der Waals surface area contributed by atoms with Gasteiger partial charge in [-0.1, -0.05) is 0 Å². The molecule has 1 atom stereocenters. The van der Waals surface area contributed by atoms with Crippen LogP contribution in [0.2, 0.25) is 0 Å². The summed E-state index contributed by atoms with van der Waals surface area (Å²) in [5.74, 6) is 0.854. The minimum absolute atomic E-state index is 0.0206. The lowest BCUT2D eigenvalue weighted by Gasteiger charge is -2.36. The van der Waals surface area contributed by atoms with Crippen molar-refractivity contribution in [2.75, 3.05) is 51.7 Å². The van der Waals surface area contributed by atoms with Crippen LogP contribution >= 0.6 is 0 Å². The molecule has 25 heavy (non-hydrogen) atoms. The minimum atomic E-state index is -0.0206. The number of rotatable bonds is 5. The van der Waals surface area contributed by atoms with Gasteiger partial charge < -0.3 is 19.5 Å². The molecule has 1 saturated heterocycles. The Hall–Kier alpha value is -2.54. The number of nitrogens with one attached hydrogen (secondary N) is 1. The van der Waals surface area contributed by atoms with Crippen molar-refractivity contribution in [1.82, 2.24) is 20.1 Å². The number of pyridine rings is 1. The molecule has 2 aromatic heterocycles. The van der Waals surface area contributed by atoms with Crippen LogP contribution in [0.15, 0.2) is 47.3 Å². The van der Waals surface area contributed by atoms with E-state index < -0.39 is 0 Å². The lowest BCUT2D eigenvalue weighted by molar-refractivity contribution is 0.186. The van der Waals surface area contributed by atoms with Crippen LogP contribution in [-0.2, 0) is 0 Å². The molecule has 7 heteroatoms. The van der Waals surface area contributed by atoms with E-state index in [-0.39, 0.29) is 12.1 Å². The average Bonchev–Trinajstić information content (AvgIpc) is 3.16. The highest BCUT2D eigenvalue weighted by molar-refractivity contribution is 5.74. The number of carbonyl (C=O) groups excluding carboxylic acids is 1. The molecule has 7 nitrogen and oxygen atoms in total. The Morgan fingerprint density at radius 2 is 1.96 bits per heavy atom. The van der Waals surface area contributed by atoms with Gasteiger partial charge in [0.25, 0.3) is 0 Å². The quantitative estimate of drug-likeness (QED) is 0.897. The predicted octanol–water partition coefficient (Wildman–Crippen LogP) is 1.81. The van der Waals surface area contributed by atoms with Crippen molar-refractivity contribution in [2.45, 2.75) is 6.04 Å². The molecule has 0 radical (unpaired) electrons. The molecular formula is C18H25N5O2. The van der Waals surface area contributed by atoms with E-state index in [2.05, 4.69) is 15.2 Å². The first kappa shape index (κ1) is 17.3. The Labute approximate surface area is 148 Å². The fourth-order valence-electron chi connectivity index (χ4n) is 3.04. The molecule has 2 amide bonds. The third-order valence-corrected chi connectivity index (χ3v) is 4.54. The predicted molar refractivity (Wildman–Crippen MR) is 96.6 cm³/mol. The van der Waals surface area contributed by atoms with Gasteiger partial charge in [-0.2, -0.15) is 0 Å². The molecule has 3 rings (SSSR count). The molecule has 134 valence electrons. The minimum Gasteiger partial charge on any atom is -0.468 e. The smallest absolute Gasteiger partial charge is 0.317 e. The Bertz CT molecular complexity index is 651. The van der Waals surface area contributed by atoms with Gasteiger partial charge in [0.1, 0.15) is 5.76 Å². The lowest BCUT2D eigenvalue weighted by Crippen LogP contribution is -2.52. The molecule has 0 aliphatic carbocycles. The first-order valence-electron chi connectivity index (χ1n) is 8.52. The van der Waals surface area contributed by atoms with E-state index >= 15 is 0 Å². The standard InChI is InChI=1S/C18H25N5O2/c1-21(2)16(17-4-3-13-25-17)14-20-18(24)23-11-9-22(10-12-23)15-5-7-19-8-6-15/h3-8,13,16H,9-12,14H2,1-2H3,(H,20,24)/t16-/m1/s1. The van der Waals surface area contributed by atoms with Gasteiger partial charge in [-0.3, -0.25) is 9.88 Å². The van der Waals surface area contributed by atoms with Crippen LogP contribution in [0.3, 0.4) is 0 Å². The van der Waals surface area contributed by atoms with Gasteiger partial charge in [0.15, 0.2) is 0 Å². The van der Waals surface area contributed by atoms with Crippen LogP contribution in [-0.4, -0.2) is 67.6 Å². The van der Waals surface area contributed by atoms with Gasteiger partial charge in [0.2, 0.25) is 0 Å². The van der Waals surface area contributed by atoms with E-state index in [1.807, 2.05) is 48.2 Å². The number of urea groups is 1. The molecule has 1 N–H and O–H groups in total. The van der Waals surface area contributed by atoms with Crippen LogP contribution < -0.4 is 10.2 Å². The first-order valence-corrected chi connectivity index (χ1v) is 8.52. The van der Waals surface area contributed by atoms with Gasteiger partial charge in [-0.25, -0.2) is 4.79 Å². The monoisotopic (exact) mass is 343 g/mol. The van der Waals surface area contributed by atoms with E-state index in [1.165, 1.54) is 0 Å². The highest BCUT2D eigenvalue weighted by atomic mass is 16.3. The molecule has 0 aromatic carbocycles. The highest BCUT2D eigenvalue weighted by Crippen LogP contribution is 2.18. The molecule has 3 heterocycles. The van der Waals surface area contributed by atoms with E-state index in [1.54, 1.807) is 18.7 Å². The number of carbonyl (C=O) groups is 1. The number of aromatic nitrogens is 1. The summed E-state index contributed by atoms with van der Waals surface area (Å²) in [6, 6.07) is 7.81. The molecule has 1 fully saturated rings. The summed E-state index contributed by atoms with van der Waals surface area (Å²) >= 11 is 0. The third-order valence-electron chi connectivity index (χ3n) is 4.54. The van der Waals surface area contributed by atoms with Crippen molar-refractivity contribution in [3.63, 3.8) is 0 Å². The van der Waals surface area contributed by atoms with Crippen LogP contribution in [0.5, 0.6) is 0 Å². The summed E-state index contributed by atoms with van der Waals surface area (Å²) in [5, 5.41) is 3.03. The van der Waals surface area contributed by atoms with Gasteiger partial charge >= 0.3 is 6.03 Å². The van der Waals surface area contributed by atoms with Crippen LogP contribution in [0, 0.1) is 0 Å². The molecule has 1 aliphatic heterocycles. The Morgan fingerprint density at radius 3 is 2.56 bits per heavy atom. The summed E-state index contributed by atoms with van der Waals surface area (Å²) in [7, 11) is 3.96. The van der Waals surface area contributed by atoms with Gasteiger partial charge in [0.05, 0.1) is 12.3 Å². The Balaban J connectivity index is 1.49. The lowest BCUT2D eigenvalue weighted by atomic mass is 10.2. The number of furan rings is 1. The number of hydrogen-bond donors (Lipinski definition) is 1. The summed E-state index contributed by atoms with van der Waals surface area (Å²) in [4.78, 5) is 22.7. The normalized spacial score (nSPS) is 16.1. The number of nitrogens with zero attached hydrogens (tertiary/aromatic N) is 4. The second-order valence-corrected chi connectivity index (χ2v) is 6.36. The maximum Gasteiger partial charge on any atom is 0.317 e. The molecule has 2 aromatic rings. The van der Waals surface area contributed by atoms with Crippen LogP contribution in [0.1, 0.15) is 11.8 Å². The van der Waals surface area contributed by atoms with Crippen molar-refractivity contribution in [3.8, 4) is 0 Å². The fraction of sp³-hybridized carbons (Fsp3) is 0.444. The second kappa shape index (κ2) is 8.02. The van der Waals surface area contributed by atoms with Crippen molar-refractivity contribution < 1.29 is 9.21 Å². The van der Waals surface area contributed by atoms with Gasteiger partial charge in [-0.15, -0.1) is 0 Å². The van der Waals surface area contributed by atoms with Crippen molar-refractivity contribution >= 4 is 11.7 Å². The highest BCUT2D eigenvalue weighted by Gasteiger charge is 2.23. The second-order valence-electron chi connectivity index (χ2n) is 6.36. The number of likely N-dealkylation sites (N-methyl/N-ethyl adjacent to an activating group) is 1. The van der Waals surface area contributed by atoms with E-state index in [4.69, 9.17) is 4.42 Å². The zero-order chi connectivity index (χ0) is 17.6. The van der Waals surface area contributed by atoms with E-state index in [9.17, 15) is 4.79 Å². The average molecular weight is 343 g/mol. The molecule has 0 spiro atoms. The molecular weight excluding hydrogens is 318 g/mol. The van der Waals surface area contributed by atoms with Crippen LogP contribution in [0.25, 0.3) is 0 Å². The summed E-state index contributed by atoms with van der Waals surface area (Å²) in [5.41, 5.74) is 1.15. The maximum atomic E-state index is 12.5. The van der Waals surface area contributed by atoms with Crippen molar-refractivity contribution in [2.24, 2.45) is 0 Å². The zero-order valence-electron chi connectivity index (χ0n) is 14.8. The topological polar surface area (TPSA) is 64.9 Å². The van der Waals surface area contributed by atoms with Gasteiger partial charge in [-0.05, 0) is 38.4 Å². The van der Waals surface area contributed by atoms with Crippen LogP contribution in [0.4, 0.5) is 10.5 Å². The summed E-state index contributed by atoms with van der Waals surface area (Å²) in [6.45, 7) is 3.59. The summed E-state index contributed by atoms with van der Waals surface area (Å²) in [6.07, 6.45) is 5.25. The number of amides is 2. The summed E-state index contributed by atoms with van der Waals surface area (Å²) < 4.78 is 5.48. The van der Waals surface area contributed by atoms with Crippen molar-refractivity contribution in [1.29, 1.82) is 0 Å². The zero-order valence-corrected chi connectivity index (χ0v) is 14.8. The largest absolute Gasteiger partial charge is 0.468 e. The molecule has 0 unspecified atom stereocenters. The number of piperazine rings is 1. The number of anilines is 1. The molecule has 0 bridgehead atoms. The molecule has 1 aliphatic rings. The van der Waals surface area contributed by atoms with Gasteiger partial charge in [0, 0.05) is 50.8 Å². The third kappa shape index (κ3) is 4.30. The Kier molecular flexibility index (Phi) is 5.55. The fourth-order valence-corrected chi connectivity index (χ4v) is 3.04. The Morgan fingerprint density at radius 1 is 1.24 bits per heavy atom. The van der Waals surface area contributed by atoms with Crippen molar-refractivity contribution in [3.05, 3.63) is 48.7 Å². The van der Waals surface area contributed by atoms with E-state index in [0.717, 1.165) is 24.5 Å². The van der Waals surface area contributed by atoms with E-state index in [0.29, 0.717) is 19.6 Å². The number of hydrogen-bond acceptors (Lipinski definition) is 5. The first-order chi connectivity index (χ1) is 12.1. The maximum absolute atomic E-state index is 12.5. The molecule has 0 saturated carbocycles.